The lowest BCUT2D eigenvalue weighted by atomic mass is 9.95. The van der Waals surface area contributed by atoms with E-state index >= 15 is 0 Å². The number of nitrogens with one attached hydrogen (secondary N) is 1. The quantitative estimate of drug-likeness (QED) is 0.904. The first kappa shape index (κ1) is 16.0. The molecular formula is C16H28N4O. The van der Waals surface area contributed by atoms with Crippen molar-refractivity contribution in [3.63, 3.8) is 0 Å². The van der Waals surface area contributed by atoms with Crippen LogP contribution in [0.25, 0.3) is 0 Å². The van der Waals surface area contributed by atoms with Gasteiger partial charge in [0.1, 0.15) is 17.5 Å². The number of methoxy groups -OCH3 is 1. The molecule has 0 aromatic carbocycles. The predicted molar refractivity (Wildman–Crippen MR) is 87.1 cm³/mol. The maximum absolute atomic E-state index is 5.69. The minimum Gasteiger partial charge on any atom is -0.377 e. The van der Waals surface area contributed by atoms with Gasteiger partial charge in [0.15, 0.2) is 0 Å². The number of ether oxygens (including phenoxy) is 1. The monoisotopic (exact) mass is 292 g/mol. The Morgan fingerprint density at radius 3 is 2.81 bits per heavy atom. The highest BCUT2D eigenvalue weighted by Gasteiger charge is 2.31. The van der Waals surface area contributed by atoms with Gasteiger partial charge in [-0.25, -0.2) is 9.97 Å². The molecule has 1 atom stereocenters. The molecule has 5 heteroatoms. The second-order valence-corrected chi connectivity index (χ2v) is 6.33. The third-order valence-electron chi connectivity index (χ3n) is 4.08. The van der Waals surface area contributed by atoms with Crippen molar-refractivity contribution in [1.82, 2.24) is 9.97 Å². The summed E-state index contributed by atoms with van der Waals surface area (Å²) < 4.78 is 5.69. The van der Waals surface area contributed by atoms with E-state index in [9.17, 15) is 0 Å². The minimum atomic E-state index is -0.0838. The Balaban J connectivity index is 2.29. The van der Waals surface area contributed by atoms with Crippen LogP contribution in [-0.4, -0.2) is 42.3 Å². The molecule has 0 aliphatic carbocycles. The Labute approximate surface area is 128 Å². The van der Waals surface area contributed by atoms with Crippen LogP contribution in [0.1, 0.15) is 52.3 Å². The first-order valence-electron chi connectivity index (χ1n) is 7.90. The molecule has 118 valence electrons. The van der Waals surface area contributed by atoms with Gasteiger partial charge in [-0.05, 0) is 26.7 Å². The number of rotatable bonds is 5. The summed E-state index contributed by atoms with van der Waals surface area (Å²) in [7, 11) is 1.80. The number of nitrogens with zero attached hydrogens (tertiary/aromatic N) is 3. The lowest BCUT2D eigenvalue weighted by Crippen LogP contribution is -2.47. The standard InChI is InChI=1S/C16H28N4O/c1-6-17-13-10-14(19-15(18-13)12(2)3)20-9-7-8-16(4,11-20)21-5/h10,12H,6-9,11H2,1-5H3,(H,17,18,19). The number of hydrogen-bond donors (Lipinski definition) is 1. The summed E-state index contributed by atoms with van der Waals surface area (Å²) in [5.74, 6) is 3.14. The summed E-state index contributed by atoms with van der Waals surface area (Å²) in [6.07, 6.45) is 2.23. The topological polar surface area (TPSA) is 50.3 Å². The fraction of sp³-hybridized carbons (Fsp3) is 0.750. The van der Waals surface area contributed by atoms with Crippen molar-refractivity contribution in [2.75, 3.05) is 37.0 Å². The van der Waals surface area contributed by atoms with E-state index in [-0.39, 0.29) is 5.60 Å². The predicted octanol–water partition coefficient (Wildman–Crippen LogP) is 3.04. The summed E-state index contributed by atoms with van der Waals surface area (Å²) in [4.78, 5) is 11.7. The second kappa shape index (κ2) is 6.60. The van der Waals surface area contributed by atoms with Crippen LogP contribution in [0.2, 0.25) is 0 Å². The van der Waals surface area contributed by atoms with Crippen molar-refractivity contribution in [2.45, 2.75) is 52.1 Å². The maximum Gasteiger partial charge on any atom is 0.135 e. The molecule has 0 radical (unpaired) electrons. The van der Waals surface area contributed by atoms with Gasteiger partial charge >= 0.3 is 0 Å². The molecule has 1 unspecified atom stereocenters. The number of hydrogen-bond acceptors (Lipinski definition) is 5. The molecule has 2 rings (SSSR count). The van der Waals surface area contributed by atoms with Gasteiger partial charge in [0.2, 0.25) is 0 Å². The van der Waals surface area contributed by atoms with Crippen LogP contribution in [0.4, 0.5) is 11.6 Å². The average molecular weight is 292 g/mol. The summed E-state index contributed by atoms with van der Waals surface area (Å²) in [6.45, 7) is 11.3. The lowest BCUT2D eigenvalue weighted by Gasteiger charge is -2.40. The summed E-state index contributed by atoms with van der Waals surface area (Å²) in [5, 5.41) is 3.31. The summed E-state index contributed by atoms with van der Waals surface area (Å²) in [5.41, 5.74) is -0.0838. The molecule has 1 fully saturated rings. The van der Waals surface area contributed by atoms with Crippen LogP contribution in [0, 0.1) is 0 Å². The SMILES string of the molecule is CCNc1cc(N2CCCC(C)(OC)C2)nc(C(C)C)n1. The van der Waals surface area contributed by atoms with Gasteiger partial charge in [-0.3, -0.25) is 0 Å². The Hall–Kier alpha value is -1.36. The first-order valence-corrected chi connectivity index (χ1v) is 7.90. The van der Waals surface area contributed by atoms with E-state index in [1.54, 1.807) is 7.11 Å². The van der Waals surface area contributed by atoms with Gasteiger partial charge in [0.05, 0.1) is 5.60 Å². The van der Waals surface area contributed by atoms with Crippen molar-refractivity contribution in [3.05, 3.63) is 11.9 Å². The van der Waals surface area contributed by atoms with Crippen molar-refractivity contribution < 1.29 is 4.74 Å². The maximum atomic E-state index is 5.69. The third-order valence-corrected chi connectivity index (χ3v) is 4.08. The molecule has 2 heterocycles. The zero-order valence-electron chi connectivity index (χ0n) is 13.9. The minimum absolute atomic E-state index is 0.0838. The number of anilines is 2. The van der Waals surface area contributed by atoms with E-state index in [0.717, 1.165) is 49.9 Å². The molecule has 1 aromatic heterocycles. The van der Waals surface area contributed by atoms with Gasteiger partial charge in [-0.1, -0.05) is 13.8 Å². The molecule has 1 saturated heterocycles. The first-order chi connectivity index (χ1) is 9.97. The fourth-order valence-corrected chi connectivity index (χ4v) is 2.71. The summed E-state index contributed by atoms with van der Waals surface area (Å²) in [6, 6.07) is 2.05. The van der Waals surface area contributed by atoms with Crippen LogP contribution < -0.4 is 10.2 Å². The van der Waals surface area contributed by atoms with E-state index in [1.807, 2.05) is 0 Å². The molecule has 1 aliphatic heterocycles. The Bertz CT molecular complexity index is 477. The molecule has 0 spiro atoms. The molecular weight excluding hydrogens is 264 g/mol. The van der Waals surface area contributed by atoms with E-state index in [2.05, 4.69) is 49.0 Å². The number of aromatic nitrogens is 2. The molecule has 21 heavy (non-hydrogen) atoms. The zero-order chi connectivity index (χ0) is 15.5. The van der Waals surface area contributed by atoms with E-state index in [4.69, 9.17) is 9.72 Å². The highest BCUT2D eigenvalue weighted by atomic mass is 16.5. The smallest absolute Gasteiger partial charge is 0.135 e. The summed E-state index contributed by atoms with van der Waals surface area (Å²) >= 11 is 0. The van der Waals surface area contributed by atoms with E-state index < -0.39 is 0 Å². The normalized spacial score (nSPS) is 22.7. The Morgan fingerprint density at radius 1 is 1.43 bits per heavy atom. The zero-order valence-corrected chi connectivity index (χ0v) is 13.9. The molecule has 0 saturated carbocycles. The van der Waals surface area contributed by atoms with Crippen molar-refractivity contribution in [1.29, 1.82) is 0 Å². The third kappa shape index (κ3) is 3.84. The lowest BCUT2D eigenvalue weighted by molar-refractivity contribution is -0.00482. The molecule has 1 N–H and O–H groups in total. The van der Waals surface area contributed by atoms with Crippen molar-refractivity contribution >= 4 is 11.6 Å². The highest BCUT2D eigenvalue weighted by molar-refractivity contribution is 5.50. The molecule has 1 aliphatic rings. The number of piperidine rings is 1. The Kier molecular flexibility index (Phi) is 5.04. The van der Waals surface area contributed by atoms with Gasteiger partial charge < -0.3 is 15.0 Å². The van der Waals surface area contributed by atoms with E-state index in [1.165, 1.54) is 0 Å². The fourth-order valence-electron chi connectivity index (χ4n) is 2.71. The van der Waals surface area contributed by atoms with Crippen LogP contribution in [0.3, 0.4) is 0 Å². The van der Waals surface area contributed by atoms with Crippen molar-refractivity contribution in [2.24, 2.45) is 0 Å². The van der Waals surface area contributed by atoms with Crippen molar-refractivity contribution in [3.8, 4) is 0 Å². The molecule has 0 amide bonds. The van der Waals surface area contributed by atoms with Gasteiger partial charge in [0, 0.05) is 38.7 Å². The van der Waals surface area contributed by atoms with E-state index in [0.29, 0.717) is 5.92 Å². The van der Waals surface area contributed by atoms with Crippen LogP contribution in [-0.2, 0) is 4.74 Å². The van der Waals surface area contributed by atoms with Crippen LogP contribution in [0.5, 0.6) is 0 Å². The highest BCUT2D eigenvalue weighted by Crippen LogP contribution is 2.28. The molecule has 5 nitrogen and oxygen atoms in total. The van der Waals surface area contributed by atoms with Gasteiger partial charge in [-0.15, -0.1) is 0 Å². The molecule has 1 aromatic rings. The average Bonchev–Trinajstić information content (AvgIpc) is 2.47. The van der Waals surface area contributed by atoms with Crippen LogP contribution >= 0.6 is 0 Å². The van der Waals surface area contributed by atoms with Crippen LogP contribution in [0.15, 0.2) is 6.07 Å². The van der Waals surface area contributed by atoms with Gasteiger partial charge in [0.25, 0.3) is 0 Å². The second-order valence-electron chi connectivity index (χ2n) is 6.33. The largest absolute Gasteiger partial charge is 0.377 e. The Morgan fingerprint density at radius 2 is 2.19 bits per heavy atom. The van der Waals surface area contributed by atoms with Gasteiger partial charge in [-0.2, -0.15) is 0 Å². The molecule has 0 bridgehead atoms.